The van der Waals surface area contributed by atoms with Gasteiger partial charge >= 0.3 is 0 Å². The molecular weight excluding hydrogens is 232 g/mol. The summed E-state index contributed by atoms with van der Waals surface area (Å²) in [6, 6.07) is 8.84. The quantitative estimate of drug-likeness (QED) is 0.771. The predicted octanol–water partition coefficient (Wildman–Crippen LogP) is 3.27. The van der Waals surface area contributed by atoms with Crippen molar-refractivity contribution in [1.29, 1.82) is 0 Å². The van der Waals surface area contributed by atoms with E-state index in [9.17, 15) is 0 Å². The molecule has 1 fully saturated rings. The number of hydrogen-bond acceptors (Lipinski definition) is 2. The van der Waals surface area contributed by atoms with Crippen LogP contribution in [-0.4, -0.2) is 25.0 Å². The molecule has 0 aliphatic heterocycles. The van der Waals surface area contributed by atoms with Gasteiger partial charge in [0.2, 0.25) is 0 Å². The van der Waals surface area contributed by atoms with Crippen LogP contribution in [0.3, 0.4) is 0 Å². The Hall–Kier alpha value is -0.860. The lowest BCUT2D eigenvalue weighted by atomic mass is 10.1. The van der Waals surface area contributed by atoms with Crippen LogP contribution < -0.4 is 5.32 Å². The summed E-state index contributed by atoms with van der Waals surface area (Å²) in [5, 5.41) is 3.55. The van der Waals surface area contributed by atoms with Gasteiger partial charge in [-0.3, -0.25) is 0 Å². The Kier molecular flexibility index (Phi) is 5.41. The highest BCUT2D eigenvalue weighted by Crippen LogP contribution is 2.29. The molecule has 2 rings (SSSR count). The van der Waals surface area contributed by atoms with Gasteiger partial charge in [0.05, 0.1) is 0 Å². The topological polar surface area (TPSA) is 15.3 Å². The highest BCUT2D eigenvalue weighted by Gasteiger charge is 2.22. The molecule has 0 unspecified atom stereocenters. The fraction of sp³-hybridized carbons (Fsp3) is 0.647. The molecule has 2 heteroatoms. The molecule has 1 saturated carbocycles. The van der Waals surface area contributed by atoms with Gasteiger partial charge in [-0.2, -0.15) is 0 Å². The second kappa shape index (κ2) is 7.06. The van der Waals surface area contributed by atoms with Crippen LogP contribution in [0.1, 0.15) is 37.8 Å². The van der Waals surface area contributed by atoms with Crippen LogP contribution in [0.4, 0.5) is 0 Å². The lowest BCUT2D eigenvalue weighted by Crippen LogP contribution is -2.23. The van der Waals surface area contributed by atoms with E-state index < -0.39 is 0 Å². The first-order valence-electron chi connectivity index (χ1n) is 7.61. The average molecular weight is 260 g/mol. The van der Waals surface area contributed by atoms with E-state index in [1.54, 1.807) is 0 Å². The van der Waals surface area contributed by atoms with Crippen LogP contribution in [0.15, 0.2) is 24.3 Å². The number of nitrogens with zero attached hydrogens (tertiary/aromatic N) is 1. The average Bonchev–Trinajstić information content (AvgIpc) is 3.14. The Bertz CT molecular complexity index is 383. The molecule has 2 nitrogen and oxygen atoms in total. The maximum absolute atomic E-state index is 3.55. The molecule has 0 bridgehead atoms. The second-order valence-electron chi connectivity index (χ2n) is 6.43. The zero-order valence-corrected chi connectivity index (χ0v) is 12.7. The Morgan fingerprint density at radius 1 is 1.21 bits per heavy atom. The minimum atomic E-state index is 0.713. The third-order valence-corrected chi connectivity index (χ3v) is 3.69. The van der Waals surface area contributed by atoms with Crippen molar-refractivity contribution in [3.63, 3.8) is 0 Å². The molecule has 0 saturated heterocycles. The van der Waals surface area contributed by atoms with Gasteiger partial charge in [-0.15, -0.1) is 0 Å². The lowest BCUT2D eigenvalue weighted by molar-refractivity contribution is 0.312. The summed E-state index contributed by atoms with van der Waals surface area (Å²) in [6.07, 6.45) is 2.86. The van der Waals surface area contributed by atoms with E-state index in [0.29, 0.717) is 5.92 Å². The van der Waals surface area contributed by atoms with Crippen molar-refractivity contribution in [2.24, 2.45) is 11.8 Å². The smallest absolute Gasteiger partial charge is 0.0234 e. The molecule has 1 aromatic carbocycles. The highest BCUT2D eigenvalue weighted by molar-refractivity contribution is 5.27. The van der Waals surface area contributed by atoms with Crippen molar-refractivity contribution in [3.05, 3.63) is 35.4 Å². The molecule has 0 amide bonds. The first-order chi connectivity index (χ1) is 9.15. The monoisotopic (exact) mass is 260 g/mol. The molecule has 0 atom stereocenters. The van der Waals surface area contributed by atoms with Crippen molar-refractivity contribution in [3.8, 4) is 0 Å². The fourth-order valence-corrected chi connectivity index (χ4v) is 2.48. The Labute approximate surface area is 118 Å². The number of nitrogens with one attached hydrogen (secondary N) is 1. The van der Waals surface area contributed by atoms with Crippen LogP contribution in [0, 0.1) is 11.8 Å². The van der Waals surface area contributed by atoms with Gasteiger partial charge in [-0.05, 0) is 49.4 Å². The maximum atomic E-state index is 3.55. The SMILES string of the molecule is CC(C)CNCc1ccccc1CN(C)CC1CC1. The van der Waals surface area contributed by atoms with E-state index in [0.717, 1.165) is 25.6 Å². The Morgan fingerprint density at radius 2 is 1.89 bits per heavy atom. The van der Waals surface area contributed by atoms with Gasteiger partial charge in [0.25, 0.3) is 0 Å². The van der Waals surface area contributed by atoms with Crippen LogP contribution in [0.5, 0.6) is 0 Å². The molecule has 0 spiro atoms. The standard InChI is InChI=1S/C17H28N2/c1-14(2)10-18-11-16-6-4-5-7-17(16)13-19(3)12-15-8-9-15/h4-7,14-15,18H,8-13H2,1-3H3. The third-order valence-electron chi connectivity index (χ3n) is 3.69. The third kappa shape index (κ3) is 5.33. The minimum Gasteiger partial charge on any atom is -0.312 e. The summed E-state index contributed by atoms with van der Waals surface area (Å²) < 4.78 is 0. The normalized spacial score (nSPS) is 15.4. The van der Waals surface area contributed by atoms with E-state index in [1.165, 1.54) is 30.5 Å². The molecule has 19 heavy (non-hydrogen) atoms. The summed E-state index contributed by atoms with van der Waals surface area (Å²) in [5.41, 5.74) is 2.92. The Balaban J connectivity index is 1.87. The number of hydrogen-bond donors (Lipinski definition) is 1. The van der Waals surface area contributed by atoms with Crippen molar-refractivity contribution >= 4 is 0 Å². The van der Waals surface area contributed by atoms with Crippen molar-refractivity contribution in [2.45, 2.75) is 39.8 Å². The molecule has 1 aromatic rings. The summed E-state index contributed by atoms with van der Waals surface area (Å²) in [5.74, 6) is 1.68. The first-order valence-corrected chi connectivity index (χ1v) is 7.61. The fourth-order valence-electron chi connectivity index (χ4n) is 2.48. The number of rotatable bonds is 8. The molecule has 106 valence electrons. The van der Waals surface area contributed by atoms with Gasteiger partial charge < -0.3 is 10.2 Å². The summed E-state index contributed by atoms with van der Waals surface area (Å²) in [4.78, 5) is 2.47. The van der Waals surface area contributed by atoms with E-state index >= 15 is 0 Å². The van der Waals surface area contributed by atoms with Crippen molar-refractivity contribution in [1.82, 2.24) is 10.2 Å². The molecule has 1 N–H and O–H groups in total. The minimum absolute atomic E-state index is 0.713. The Morgan fingerprint density at radius 3 is 2.53 bits per heavy atom. The predicted molar refractivity (Wildman–Crippen MR) is 82.0 cm³/mol. The van der Waals surface area contributed by atoms with Crippen molar-refractivity contribution < 1.29 is 0 Å². The molecule has 1 aliphatic rings. The molecule has 0 aromatic heterocycles. The second-order valence-corrected chi connectivity index (χ2v) is 6.43. The van der Waals surface area contributed by atoms with Crippen molar-refractivity contribution in [2.75, 3.05) is 20.1 Å². The summed E-state index contributed by atoms with van der Waals surface area (Å²) >= 11 is 0. The van der Waals surface area contributed by atoms with Crippen LogP contribution in [0.2, 0.25) is 0 Å². The van der Waals surface area contributed by atoms with E-state index in [2.05, 4.69) is 55.4 Å². The van der Waals surface area contributed by atoms with E-state index in [-0.39, 0.29) is 0 Å². The van der Waals surface area contributed by atoms with Gasteiger partial charge in [-0.1, -0.05) is 38.1 Å². The van der Waals surface area contributed by atoms with E-state index in [1.807, 2.05) is 0 Å². The maximum Gasteiger partial charge on any atom is 0.0234 e. The molecule has 0 radical (unpaired) electrons. The summed E-state index contributed by atoms with van der Waals surface area (Å²) in [6.45, 7) is 8.92. The molecule has 1 aliphatic carbocycles. The van der Waals surface area contributed by atoms with Gasteiger partial charge in [0.15, 0.2) is 0 Å². The van der Waals surface area contributed by atoms with Crippen LogP contribution in [0.25, 0.3) is 0 Å². The van der Waals surface area contributed by atoms with Crippen LogP contribution >= 0.6 is 0 Å². The molecular formula is C17H28N2. The van der Waals surface area contributed by atoms with Gasteiger partial charge in [0.1, 0.15) is 0 Å². The van der Waals surface area contributed by atoms with Gasteiger partial charge in [0, 0.05) is 19.6 Å². The lowest BCUT2D eigenvalue weighted by Gasteiger charge is -2.19. The highest BCUT2D eigenvalue weighted by atomic mass is 15.1. The number of benzene rings is 1. The zero-order chi connectivity index (χ0) is 13.7. The first kappa shape index (κ1) is 14.5. The largest absolute Gasteiger partial charge is 0.312 e. The van der Waals surface area contributed by atoms with E-state index in [4.69, 9.17) is 0 Å². The molecule has 0 heterocycles. The van der Waals surface area contributed by atoms with Gasteiger partial charge in [-0.25, -0.2) is 0 Å². The zero-order valence-electron chi connectivity index (χ0n) is 12.7. The summed E-state index contributed by atoms with van der Waals surface area (Å²) in [7, 11) is 2.25. The van der Waals surface area contributed by atoms with Crippen LogP contribution in [-0.2, 0) is 13.1 Å².